The zero-order valence-corrected chi connectivity index (χ0v) is 8.12. The van der Waals surface area contributed by atoms with Crippen molar-refractivity contribution in [2.45, 2.75) is 6.18 Å². The van der Waals surface area contributed by atoms with Crippen molar-refractivity contribution in [3.63, 3.8) is 0 Å². The van der Waals surface area contributed by atoms with Crippen molar-refractivity contribution in [2.24, 2.45) is 0 Å². The fraction of sp³-hybridized carbons (Fsp3) is 0.182. The van der Waals surface area contributed by atoms with Crippen molar-refractivity contribution in [1.29, 1.82) is 0 Å². The van der Waals surface area contributed by atoms with Gasteiger partial charge in [-0.25, -0.2) is 4.79 Å². The molecule has 1 radical (unpaired) electrons. The summed E-state index contributed by atoms with van der Waals surface area (Å²) in [5.41, 5.74) is -0.689. The number of halogens is 3. The predicted octanol–water partition coefficient (Wildman–Crippen LogP) is 2.80. The summed E-state index contributed by atoms with van der Waals surface area (Å²) in [6.45, 7) is 1.07. The topological polar surface area (TPSA) is 26.3 Å². The van der Waals surface area contributed by atoms with Crippen LogP contribution in [0.1, 0.15) is 11.1 Å². The second kappa shape index (κ2) is 5.34. The average Bonchev–Trinajstić information content (AvgIpc) is 2.24. The van der Waals surface area contributed by atoms with Gasteiger partial charge < -0.3 is 4.74 Å². The summed E-state index contributed by atoms with van der Waals surface area (Å²) in [5, 5.41) is 0. The predicted molar refractivity (Wildman–Crippen MR) is 52.1 cm³/mol. The van der Waals surface area contributed by atoms with Gasteiger partial charge in [0, 0.05) is 0 Å². The molecule has 5 heteroatoms. The summed E-state index contributed by atoms with van der Waals surface area (Å²) < 4.78 is 41.7. The molecule has 0 aliphatic heterocycles. The summed E-state index contributed by atoms with van der Waals surface area (Å²) in [6, 6.07) is 5.15. The van der Waals surface area contributed by atoms with E-state index in [0.29, 0.717) is 0 Å². The lowest BCUT2D eigenvalue weighted by Gasteiger charge is -2.09. The third kappa shape index (κ3) is 3.42. The molecule has 0 heterocycles. The zero-order chi connectivity index (χ0) is 12.0. The van der Waals surface area contributed by atoms with Crippen molar-refractivity contribution >= 4 is 12.5 Å². The summed E-state index contributed by atoms with van der Waals surface area (Å²) in [5.74, 6) is 0. The highest BCUT2D eigenvalue weighted by atomic mass is 19.4. The maximum Gasteiger partial charge on any atom is 0.417 e. The molecule has 0 aromatic heterocycles. The van der Waals surface area contributed by atoms with E-state index in [-0.39, 0.29) is 12.2 Å². The van der Waals surface area contributed by atoms with E-state index >= 15 is 0 Å². The van der Waals surface area contributed by atoms with E-state index in [4.69, 9.17) is 0 Å². The molecule has 1 aromatic rings. The van der Waals surface area contributed by atoms with E-state index < -0.39 is 11.7 Å². The molecule has 85 valence electrons. The van der Waals surface area contributed by atoms with Crippen LogP contribution < -0.4 is 0 Å². The Morgan fingerprint density at radius 1 is 1.31 bits per heavy atom. The van der Waals surface area contributed by atoms with E-state index in [1.54, 1.807) is 0 Å². The molecule has 0 fully saturated rings. The van der Waals surface area contributed by atoms with Crippen molar-refractivity contribution < 1.29 is 22.7 Å². The van der Waals surface area contributed by atoms with Crippen LogP contribution in [0.15, 0.2) is 30.3 Å². The van der Waals surface area contributed by atoms with Gasteiger partial charge in [-0.15, -0.1) is 0 Å². The Kier molecular flexibility index (Phi) is 4.10. The molecule has 16 heavy (non-hydrogen) atoms. The molecule has 0 saturated heterocycles. The molecule has 1 rings (SSSR count). The highest BCUT2D eigenvalue weighted by Crippen LogP contribution is 2.32. The van der Waals surface area contributed by atoms with Crippen molar-refractivity contribution in [3.05, 3.63) is 41.5 Å². The quantitative estimate of drug-likeness (QED) is 0.742. The average molecular weight is 229 g/mol. The second-order valence-corrected chi connectivity index (χ2v) is 2.88. The van der Waals surface area contributed by atoms with Gasteiger partial charge in [0.1, 0.15) is 6.61 Å². The van der Waals surface area contributed by atoms with Crippen LogP contribution in [0.3, 0.4) is 0 Å². The zero-order valence-electron chi connectivity index (χ0n) is 8.12. The Bertz CT molecular complexity index is 383. The Hall–Kier alpha value is -1.78. The summed E-state index contributed by atoms with van der Waals surface area (Å²) in [4.78, 5) is 9.68. The molecule has 2 nitrogen and oxygen atoms in total. The van der Waals surface area contributed by atoms with Gasteiger partial charge in [0.05, 0.1) is 5.56 Å². The van der Waals surface area contributed by atoms with Gasteiger partial charge in [0.25, 0.3) is 0 Å². The normalized spacial score (nSPS) is 11.7. The fourth-order valence-corrected chi connectivity index (χ4v) is 1.16. The van der Waals surface area contributed by atoms with Gasteiger partial charge in [0.2, 0.25) is 0 Å². The van der Waals surface area contributed by atoms with Gasteiger partial charge in [-0.05, 0) is 17.7 Å². The van der Waals surface area contributed by atoms with Gasteiger partial charge in [-0.2, -0.15) is 13.2 Å². The van der Waals surface area contributed by atoms with E-state index in [9.17, 15) is 18.0 Å². The highest BCUT2D eigenvalue weighted by Gasteiger charge is 2.32. The molecule has 0 saturated carbocycles. The highest BCUT2D eigenvalue weighted by molar-refractivity contribution is 5.55. The minimum absolute atomic E-state index is 0.0319. The first-order valence-electron chi connectivity index (χ1n) is 4.37. The minimum atomic E-state index is -4.39. The lowest BCUT2D eigenvalue weighted by atomic mass is 10.1. The second-order valence-electron chi connectivity index (χ2n) is 2.88. The molecule has 0 aliphatic rings. The first-order valence-corrected chi connectivity index (χ1v) is 4.37. The van der Waals surface area contributed by atoms with Crippen LogP contribution in [0.2, 0.25) is 0 Å². The van der Waals surface area contributed by atoms with Gasteiger partial charge in [-0.3, -0.25) is 0 Å². The van der Waals surface area contributed by atoms with Crippen LogP contribution >= 0.6 is 0 Å². The SMILES string of the molecule is O=[C]OCC=Cc1ccccc1C(F)(F)F. The van der Waals surface area contributed by atoms with Crippen molar-refractivity contribution in [2.75, 3.05) is 6.61 Å². The Balaban J connectivity index is 2.87. The number of carbonyl (C=O) groups excluding carboxylic acids is 1. The third-order valence-electron chi connectivity index (χ3n) is 1.80. The van der Waals surface area contributed by atoms with Crippen molar-refractivity contribution in [3.8, 4) is 0 Å². The van der Waals surface area contributed by atoms with Crippen LogP contribution in [0.5, 0.6) is 0 Å². The monoisotopic (exact) mass is 229 g/mol. The number of benzene rings is 1. The maximum atomic E-state index is 12.5. The summed E-state index contributed by atoms with van der Waals surface area (Å²) >= 11 is 0. The number of hydrogen-bond acceptors (Lipinski definition) is 2. The maximum absolute atomic E-state index is 12.5. The van der Waals surface area contributed by atoms with Gasteiger partial charge >= 0.3 is 12.6 Å². The van der Waals surface area contributed by atoms with E-state index in [1.165, 1.54) is 36.8 Å². The lowest BCUT2D eigenvalue weighted by molar-refractivity contribution is -0.137. The first kappa shape index (κ1) is 12.3. The fourth-order valence-electron chi connectivity index (χ4n) is 1.16. The molecule has 0 bridgehead atoms. The molecular formula is C11H8F3O2. The Labute approximate surface area is 90.3 Å². The standard InChI is InChI=1S/C11H8F3O2/c12-11(13,14)10-6-2-1-4-9(10)5-3-7-16-8-15/h1-6H,7H2. The number of alkyl halides is 3. The lowest BCUT2D eigenvalue weighted by Crippen LogP contribution is -2.06. The van der Waals surface area contributed by atoms with Crippen LogP contribution in [0.25, 0.3) is 6.08 Å². The largest absolute Gasteiger partial charge is 0.453 e. The van der Waals surface area contributed by atoms with E-state index in [0.717, 1.165) is 6.07 Å². The van der Waals surface area contributed by atoms with Crippen molar-refractivity contribution in [1.82, 2.24) is 0 Å². The van der Waals surface area contributed by atoms with Crippen LogP contribution in [-0.4, -0.2) is 13.1 Å². The minimum Gasteiger partial charge on any atom is -0.453 e. The number of ether oxygens (including phenoxy) is 1. The Morgan fingerprint density at radius 3 is 2.62 bits per heavy atom. The van der Waals surface area contributed by atoms with E-state index in [2.05, 4.69) is 4.74 Å². The molecule has 0 atom stereocenters. The molecule has 0 N–H and O–H groups in total. The van der Waals surface area contributed by atoms with Crippen LogP contribution in [-0.2, 0) is 15.7 Å². The molecule has 1 aromatic carbocycles. The van der Waals surface area contributed by atoms with E-state index in [1.807, 2.05) is 0 Å². The van der Waals surface area contributed by atoms with Crippen LogP contribution in [0, 0.1) is 0 Å². The molecule has 0 unspecified atom stereocenters. The van der Waals surface area contributed by atoms with Gasteiger partial charge in [-0.1, -0.05) is 24.3 Å². The molecule has 0 spiro atoms. The summed E-state index contributed by atoms with van der Waals surface area (Å²) in [7, 11) is 0. The molecular weight excluding hydrogens is 221 g/mol. The van der Waals surface area contributed by atoms with Gasteiger partial charge in [0.15, 0.2) is 0 Å². The third-order valence-corrected chi connectivity index (χ3v) is 1.80. The summed E-state index contributed by atoms with van der Waals surface area (Å²) in [6.07, 6.45) is -1.83. The smallest absolute Gasteiger partial charge is 0.417 e. The number of hydrogen-bond donors (Lipinski definition) is 0. The first-order chi connectivity index (χ1) is 7.55. The Morgan fingerprint density at radius 2 is 2.00 bits per heavy atom. The van der Waals surface area contributed by atoms with Crippen LogP contribution in [0.4, 0.5) is 13.2 Å². The molecule has 0 amide bonds. The number of rotatable bonds is 4. The molecule has 0 aliphatic carbocycles.